The molecule has 2 aromatic heterocycles. The second kappa shape index (κ2) is 7.91. The molecule has 0 saturated carbocycles. The number of rotatable bonds is 4. The molecule has 164 valence electrons. The van der Waals surface area contributed by atoms with E-state index in [0.717, 1.165) is 39.8 Å². The molecule has 4 aromatic rings. The molecule has 0 fully saturated rings. The van der Waals surface area contributed by atoms with Crippen molar-refractivity contribution in [3.8, 4) is 22.9 Å². The summed E-state index contributed by atoms with van der Waals surface area (Å²) in [5.41, 5.74) is 5.26. The third-order valence-electron chi connectivity index (χ3n) is 5.83. The van der Waals surface area contributed by atoms with Gasteiger partial charge in [-0.25, -0.2) is 0 Å². The predicted molar refractivity (Wildman–Crippen MR) is 122 cm³/mol. The molecule has 1 atom stereocenters. The van der Waals surface area contributed by atoms with Crippen LogP contribution >= 0.6 is 0 Å². The fourth-order valence-electron chi connectivity index (χ4n) is 4.26. The molecule has 1 unspecified atom stereocenters. The molecule has 9 nitrogen and oxygen atoms in total. The van der Waals surface area contributed by atoms with E-state index in [9.17, 15) is 10.1 Å². The first kappa shape index (κ1) is 20.5. The van der Waals surface area contributed by atoms with Crippen molar-refractivity contribution in [3.63, 3.8) is 0 Å². The van der Waals surface area contributed by atoms with Crippen LogP contribution in [-0.2, 0) is 11.3 Å². The van der Waals surface area contributed by atoms with Gasteiger partial charge in [0, 0.05) is 29.9 Å². The van der Waals surface area contributed by atoms with Crippen molar-refractivity contribution in [3.05, 3.63) is 72.1 Å². The molecule has 1 N–H and O–H groups in total. The van der Waals surface area contributed by atoms with E-state index in [1.165, 1.54) is 4.68 Å². The molecule has 5 rings (SSSR count). The summed E-state index contributed by atoms with van der Waals surface area (Å²) in [5, 5.41) is 31.2. The highest BCUT2D eigenvalue weighted by molar-refractivity contribution is 5.79. The molecule has 2 aromatic carbocycles. The number of carboxylic acids is 1. The molecule has 9 heteroatoms. The van der Waals surface area contributed by atoms with Crippen LogP contribution in [0.25, 0.3) is 16.8 Å². The number of hydrogen-bond acceptors (Lipinski definition) is 6. The molecule has 0 aliphatic carbocycles. The summed E-state index contributed by atoms with van der Waals surface area (Å²) in [5.74, 6) is 0.868. The maximum Gasteiger partial charge on any atom is 0.325 e. The number of anilines is 2. The van der Waals surface area contributed by atoms with Gasteiger partial charge in [-0.3, -0.25) is 14.0 Å². The zero-order valence-corrected chi connectivity index (χ0v) is 18.2. The first-order valence-electron chi connectivity index (χ1n) is 10.5. The zero-order valence-electron chi connectivity index (χ0n) is 18.2. The van der Waals surface area contributed by atoms with E-state index < -0.39 is 5.97 Å². The lowest BCUT2D eigenvalue weighted by Gasteiger charge is -2.27. The summed E-state index contributed by atoms with van der Waals surface area (Å²) in [6.07, 6.45) is 3.40. The van der Waals surface area contributed by atoms with Crippen molar-refractivity contribution in [1.29, 1.82) is 5.26 Å². The van der Waals surface area contributed by atoms with Crippen molar-refractivity contribution in [2.75, 3.05) is 11.4 Å². The normalized spacial score (nSPS) is 14.8. The van der Waals surface area contributed by atoms with Gasteiger partial charge in [-0.1, -0.05) is 13.0 Å². The van der Waals surface area contributed by atoms with Crippen molar-refractivity contribution >= 4 is 17.3 Å². The minimum absolute atomic E-state index is 0.107. The van der Waals surface area contributed by atoms with Gasteiger partial charge in [0.2, 0.25) is 0 Å². The summed E-state index contributed by atoms with van der Waals surface area (Å²) in [6, 6.07) is 15.8. The molecule has 0 saturated heterocycles. The molecule has 1 aliphatic rings. The molecule has 0 spiro atoms. The molecular weight excluding hydrogens is 418 g/mol. The van der Waals surface area contributed by atoms with Crippen molar-refractivity contribution < 1.29 is 9.90 Å². The lowest BCUT2D eigenvalue weighted by atomic mass is 10.1. The quantitative estimate of drug-likeness (QED) is 0.516. The van der Waals surface area contributed by atoms with E-state index in [1.807, 2.05) is 43.3 Å². The topological polar surface area (TPSA) is 113 Å². The summed E-state index contributed by atoms with van der Waals surface area (Å²) in [7, 11) is 0. The van der Waals surface area contributed by atoms with Crippen LogP contribution in [-0.4, -0.2) is 42.2 Å². The number of fused-ring (bicyclic) bond motifs is 3. The molecule has 3 heterocycles. The molecule has 1 aliphatic heterocycles. The first-order chi connectivity index (χ1) is 15.9. The van der Waals surface area contributed by atoms with Gasteiger partial charge in [0.25, 0.3) is 0 Å². The number of hydrogen-bond donors (Lipinski definition) is 1. The largest absolute Gasteiger partial charge is 0.480 e. The van der Waals surface area contributed by atoms with Gasteiger partial charge in [0.1, 0.15) is 18.2 Å². The summed E-state index contributed by atoms with van der Waals surface area (Å²) in [4.78, 5) is 13.3. The van der Waals surface area contributed by atoms with Gasteiger partial charge in [-0.15, -0.1) is 10.2 Å². The van der Waals surface area contributed by atoms with E-state index in [2.05, 4.69) is 43.8 Å². The van der Waals surface area contributed by atoms with Gasteiger partial charge < -0.3 is 10.0 Å². The van der Waals surface area contributed by atoms with E-state index in [0.29, 0.717) is 12.1 Å². The Balaban J connectivity index is 1.67. The number of nitrogens with zero attached hydrogens (tertiary/aromatic N) is 7. The average molecular weight is 439 g/mol. The third-order valence-corrected chi connectivity index (χ3v) is 5.83. The van der Waals surface area contributed by atoms with Gasteiger partial charge in [0.05, 0.1) is 29.2 Å². The highest BCUT2D eigenvalue weighted by Gasteiger charge is 2.28. The third kappa shape index (κ3) is 3.61. The molecule has 33 heavy (non-hydrogen) atoms. The Bertz CT molecular complexity index is 1400. The Labute approximate surface area is 190 Å². The number of aryl methyl sites for hydroxylation is 1. The van der Waals surface area contributed by atoms with Crippen LogP contribution in [0.4, 0.5) is 11.4 Å². The lowest BCUT2D eigenvalue weighted by molar-refractivity contribution is -0.137. The van der Waals surface area contributed by atoms with Crippen LogP contribution in [0.5, 0.6) is 0 Å². The number of aromatic nitrogens is 5. The highest BCUT2D eigenvalue weighted by Crippen LogP contribution is 2.40. The van der Waals surface area contributed by atoms with Gasteiger partial charge in [0.15, 0.2) is 0 Å². The van der Waals surface area contributed by atoms with E-state index in [4.69, 9.17) is 5.11 Å². The number of benzene rings is 2. The summed E-state index contributed by atoms with van der Waals surface area (Å²) < 4.78 is 3.49. The van der Waals surface area contributed by atoms with Crippen LogP contribution in [0.15, 0.2) is 54.9 Å². The van der Waals surface area contributed by atoms with Crippen LogP contribution in [0.3, 0.4) is 0 Å². The zero-order chi connectivity index (χ0) is 23.1. The van der Waals surface area contributed by atoms with Crippen LogP contribution in [0, 0.1) is 18.3 Å². The second-order valence-electron chi connectivity index (χ2n) is 8.13. The predicted octanol–water partition coefficient (Wildman–Crippen LogP) is 3.65. The maximum absolute atomic E-state index is 11.0. The standard InChI is InChI=1S/C24H21N7O2/c1-15-12-30(20-6-3-17(10-25)4-7-20)22-9-18(19-11-26-29(13-19)14-23(32)33)5-8-21(22)31-16(2)27-28-24(15)31/h3-9,11,13,15H,12,14H2,1-2H3,(H,32,33). The minimum Gasteiger partial charge on any atom is -0.480 e. The summed E-state index contributed by atoms with van der Waals surface area (Å²) in [6.45, 7) is 4.55. The highest BCUT2D eigenvalue weighted by atomic mass is 16.4. The Hall–Kier alpha value is -4.45. The molecule has 0 radical (unpaired) electrons. The van der Waals surface area contributed by atoms with Gasteiger partial charge in [-0.2, -0.15) is 10.4 Å². The van der Waals surface area contributed by atoms with Gasteiger partial charge >= 0.3 is 5.97 Å². The minimum atomic E-state index is -0.942. The molecular formula is C24H21N7O2. The van der Waals surface area contributed by atoms with Crippen molar-refractivity contribution in [1.82, 2.24) is 24.5 Å². The number of nitriles is 1. The van der Waals surface area contributed by atoms with Crippen molar-refractivity contribution in [2.45, 2.75) is 26.3 Å². The Morgan fingerprint density at radius 3 is 2.67 bits per heavy atom. The maximum atomic E-state index is 11.0. The Kier molecular flexibility index (Phi) is 4.90. The van der Waals surface area contributed by atoms with E-state index in [1.54, 1.807) is 12.4 Å². The van der Waals surface area contributed by atoms with Crippen LogP contribution in [0.1, 0.15) is 30.1 Å². The van der Waals surface area contributed by atoms with Crippen LogP contribution < -0.4 is 4.90 Å². The summed E-state index contributed by atoms with van der Waals surface area (Å²) >= 11 is 0. The first-order valence-corrected chi connectivity index (χ1v) is 10.5. The average Bonchev–Trinajstić information content (AvgIpc) is 3.40. The SMILES string of the molecule is Cc1nnc2n1-c1ccc(-c3cnn(CC(=O)O)c3)cc1N(c1ccc(C#N)cc1)CC2C. The van der Waals surface area contributed by atoms with Gasteiger partial charge in [-0.05, 0) is 48.9 Å². The van der Waals surface area contributed by atoms with Crippen molar-refractivity contribution in [2.24, 2.45) is 0 Å². The number of carboxylic acid groups (broad SMARTS) is 1. The second-order valence-corrected chi connectivity index (χ2v) is 8.13. The monoisotopic (exact) mass is 439 g/mol. The Morgan fingerprint density at radius 1 is 1.15 bits per heavy atom. The lowest BCUT2D eigenvalue weighted by Crippen LogP contribution is -2.22. The fraction of sp³-hybridized carbons (Fsp3) is 0.208. The molecule has 0 amide bonds. The number of carbonyl (C=O) groups is 1. The van der Waals surface area contributed by atoms with Crippen LogP contribution in [0.2, 0.25) is 0 Å². The Morgan fingerprint density at radius 2 is 1.94 bits per heavy atom. The fourth-order valence-corrected chi connectivity index (χ4v) is 4.26. The molecule has 0 bridgehead atoms. The van der Waals surface area contributed by atoms with E-state index >= 15 is 0 Å². The van der Waals surface area contributed by atoms with E-state index in [-0.39, 0.29) is 12.5 Å². The number of aliphatic carboxylic acids is 1. The smallest absolute Gasteiger partial charge is 0.325 e.